The van der Waals surface area contributed by atoms with Gasteiger partial charge in [-0.05, 0) is 24.3 Å². The number of piperazine rings is 1. The van der Waals surface area contributed by atoms with Crippen molar-refractivity contribution < 1.29 is 5.11 Å². The van der Waals surface area contributed by atoms with E-state index in [1.54, 1.807) is 30.7 Å². The van der Waals surface area contributed by atoms with E-state index in [0.29, 0.717) is 5.75 Å². The fraction of sp³-hybridized carbons (Fsp3) is 0.286. The minimum atomic E-state index is 0.307. The second-order valence-corrected chi connectivity index (χ2v) is 4.55. The van der Waals surface area contributed by atoms with Gasteiger partial charge in [0.1, 0.15) is 11.6 Å². The largest absolute Gasteiger partial charge is 0.508 e. The van der Waals surface area contributed by atoms with Gasteiger partial charge in [-0.15, -0.1) is 0 Å². The maximum absolute atomic E-state index is 9.30. The average molecular weight is 256 g/mol. The van der Waals surface area contributed by atoms with Gasteiger partial charge in [0.05, 0.1) is 6.20 Å². The molecule has 0 radical (unpaired) electrons. The molecule has 1 aliphatic heterocycles. The van der Waals surface area contributed by atoms with Gasteiger partial charge in [-0.2, -0.15) is 0 Å². The molecule has 3 rings (SSSR count). The van der Waals surface area contributed by atoms with Crippen LogP contribution in [0, 0.1) is 0 Å². The molecular weight excluding hydrogens is 240 g/mol. The van der Waals surface area contributed by atoms with E-state index in [1.165, 1.54) is 0 Å². The normalized spacial score (nSPS) is 15.6. The molecule has 1 aromatic carbocycles. The van der Waals surface area contributed by atoms with Crippen LogP contribution in [-0.4, -0.2) is 41.3 Å². The highest BCUT2D eigenvalue weighted by Gasteiger charge is 2.18. The lowest BCUT2D eigenvalue weighted by Gasteiger charge is -2.36. The van der Waals surface area contributed by atoms with Gasteiger partial charge in [-0.1, -0.05) is 0 Å². The molecule has 98 valence electrons. The first-order chi connectivity index (χ1) is 9.33. The van der Waals surface area contributed by atoms with Crippen molar-refractivity contribution in [3.63, 3.8) is 0 Å². The van der Waals surface area contributed by atoms with Gasteiger partial charge in [-0.25, -0.2) is 4.98 Å². The Morgan fingerprint density at radius 2 is 1.58 bits per heavy atom. The Balaban J connectivity index is 1.65. The van der Waals surface area contributed by atoms with Crippen molar-refractivity contribution in [2.45, 2.75) is 0 Å². The van der Waals surface area contributed by atoms with Crippen LogP contribution in [0.25, 0.3) is 0 Å². The van der Waals surface area contributed by atoms with Gasteiger partial charge >= 0.3 is 0 Å². The minimum absolute atomic E-state index is 0.307. The number of phenolic OH excluding ortho intramolecular Hbond substituents is 1. The number of aromatic hydroxyl groups is 1. The Morgan fingerprint density at radius 3 is 2.21 bits per heavy atom. The van der Waals surface area contributed by atoms with Crippen molar-refractivity contribution in [3.8, 4) is 5.75 Å². The molecule has 0 atom stereocenters. The average Bonchev–Trinajstić information content (AvgIpc) is 2.49. The topological polar surface area (TPSA) is 52.5 Å². The van der Waals surface area contributed by atoms with Gasteiger partial charge in [0.2, 0.25) is 0 Å². The van der Waals surface area contributed by atoms with E-state index in [-0.39, 0.29) is 0 Å². The van der Waals surface area contributed by atoms with Crippen LogP contribution in [0.1, 0.15) is 0 Å². The summed E-state index contributed by atoms with van der Waals surface area (Å²) in [6.45, 7) is 3.75. The minimum Gasteiger partial charge on any atom is -0.508 e. The highest BCUT2D eigenvalue weighted by Crippen LogP contribution is 2.21. The second kappa shape index (κ2) is 5.14. The predicted octanol–water partition coefficient (Wildman–Crippen LogP) is 1.51. The van der Waals surface area contributed by atoms with Crippen molar-refractivity contribution in [1.82, 2.24) is 9.97 Å². The maximum atomic E-state index is 9.30. The molecule has 0 unspecified atom stereocenters. The molecule has 1 fully saturated rings. The van der Waals surface area contributed by atoms with E-state index in [4.69, 9.17) is 0 Å². The van der Waals surface area contributed by atoms with Crippen LogP contribution >= 0.6 is 0 Å². The summed E-state index contributed by atoms with van der Waals surface area (Å²) in [5.74, 6) is 1.25. The van der Waals surface area contributed by atoms with Crippen LogP contribution in [0.5, 0.6) is 5.75 Å². The lowest BCUT2D eigenvalue weighted by atomic mass is 10.2. The first-order valence-electron chi connectivity index (χ1n) is 6.38. The standard InChI is InChI=1S/C14H16N4O/c19-13-3-1-12(2-4-13)17-7-9-18(10-8-17)14-11-15-5-6-16-14/h1-6,11,19H,7-10H2. The third-order valence-corrected chi connectivity index (χ3v) is 3.37. The monoisotopic (exact) mass is 256 g/mol. The Labute approximate surface area is 112 Å². The van der Waals surface area contributed by atoms with Gasteiger partial charge < -0.3 is 14.9 Å². The van der Waals surface area contributed by atoms with Gasteiger partial charge in [-0.3, -0.25) is 4.98 Å². The molecule has 0 aliphatic carbocycles. The number of nitrogens with zero attached hydrogens (tertiary/aromatic N) is 4. The fourth-order valence-electron chi connectivity index (χ4n) is 2.31. The second-order valence-electron chi connectivity index (χ2n) is 4.55. The van der Waals surface area contributed by atoms with Crippen molar-refractivity contribution >= 4 is 11.5 Å². The molecule has 19 heavy (non-hydrogen) atoms. The summed E-state index contributed by atoms with van der Waals surface area (Å²) in [5.41, 5.74) is 1.15. The van der Waals surface area contributed by atoms with Gasteiger partial charge in [0, 0.05) is 44.3 Å². The number of aromatic nitrogens is 2. The molecule has 2 heterocycles. The number of anilines is 2. The van der Waals surface area contributed by atoms with Crippen LogP contribution in [0.15, 0.2) is 42.9 Å². The third kappa shape index (κ3) is 2.59. The molecule has 5 heteroatoms. The summed E-state index contributed by atoms with van der Waals surface area (Å²) in [6, 6.07) is 7.36. The Bertz CT molecular complexity index is 521. The van der Waals surface area contributed by atoms with Gasteiger partial charge in [0.25, 0.3) is 0 Å². The van der Waals surface area contributed by atoms with E-state index >= 15 is 0 Å². The predicted molar refractivity (Wildman–Crippen MR) is 74.6 cm³/mol. The zero-order valence-electron chi connectivity index (χ0n) is 10.6. The van der Waals surface area contributed by atoms with Crippen LogP contribution in [-0.2, 0) is 0 Å². The number of rotatable bonds is 2. The van der Waals surface area contributed by atoms with Crippen LogP contribution in [0.3, 0.4) is 0 Å². The lowest BCUT2D eigenvalue weighted by molar-refractivity contribution is 0.475. The highest BCUT2D eigenvalue weighted by molar-refractivity contribution is 5.50. The number of phenols is 1. The highest BCUT2D eigenvalue weighted by atomic mass is 16.3. The lowest BCUT2D eigenvalue weighted by Crippen LogP contribution is -2.46. The zero-order valence-corrected chi connectivity index (χ0v) is 10.6. The summed E-state index contributed by atoms with van der Waals surface area (Å²) in [6.07, 6.45) is 5.22. The molecule has 1 aromatic heterocycles. The maximum Gasteiger partial charge on any atom is 0.147 e. The first kappa shape index (κ1) is 11.8. The van der Waals surface area contributed by atoms with Crippen molar-refractivity contribution in [2.75, 3.05) is 36.0 Å². The smallest absolute Gasteiger partial charge is 0.147 e. The molecule has 0 amide bonds. The van der Waals surface area contributed by atoms with E-state index in [1.807, 2.05) is 12.1 Å². The summed E-state index contributed by atoms with van der Waals surface area (Å²) in [4.78, 5) is 13.0. The van der Waals surface area contributed by atoms with Crippen LogP contribution in [0.2, 0.25) is 0 Å². The third-order valence-electron chi connectivity index (χ3n) is 3.37. The first-order valence-corrected chi connectivity index (χ1v) is 6.38. The van der Waals surface area contributed by atoms with Gasteiger partial charge in [0.15, 0.2) is 0 Å². The molecule has 1 saturated heterocycles. The molecule has 5 nitrogen and oxygen atoms in total. The molecule has 0 saturated carbocycles. The summed E-state index contributed by atoms with van der Waals surface area (Å²) in [7, 11) is 0. The number of hydrogen-bond donors (Lipinski definition) is 1. The Morgan fingerprint density at radius 1 is 0.895 bits per heavy atom. The summed E-state index contributed by atoms with van der Waals surface area (Å²) in [5, 5.41) is 9.30. The van der Waals surface area contributed by atoms with Crippen LogP contribution in [0.4, 0.5) is 11.5 Å². The molecule has 1 aliphatic rings. The van der Waals surface area contributed by atoms with Crippen molar-refractivity contribution in [3.05, 3.63) is 42.9 Å². The van der Waals surface area contributed by atoms with E-state index in [9.17, 15) is 5.11 Å². The molecule has 0 spiro atoms. The van der Waals surface area contributed by atoms with E-state index in [2.05, 4.69) is 19.8 Å². The van der Waals surface area contributed by atoms with E-state index in [0.717, 1.165) is 37.7 Å². The van der Waals surface area contributed by atoms with Crippen molar-refractivity contribution in [2.24, 2.45) is 0 Å². The summed E-state index contributed by atoms with van der Waals surface area (Å²) >= 11 is 0. The quantitative estimate of drug-likeness (QED) is 0.882. The Kier molecular flexibility index (Phi) is 3.18. The summed E-state index contributed by atoms with van der Waals surface area (Å²) < 4.78 is 0. The number of benzene rings is 1. The molecule has 2 aromatic rings. The van der Waals surface area contributed by atoms with Crippen LogP contribution < -0.4 is 9.80 Å². The van der Waals surface area contributed by atoms with Crippen molar-refractivity contribution in [1.29, 1.82) is 0 Å². The Hall–Kier alpha value is -2.30. The SMILES string of the molecule is Oc1ccc(N2CCN(c3cnccn3)CC2)cc1. The molecule has 0 bridgehead atoms. The van der Waals surface area contributed by atoms with E-state index < -0.39 is 0 Å². The molecular formula is C14H16N4O. The number of hydrogen-bond acceptors (Lipinski definition) is 5. The fourth-order valence-corrected chi connectivity index (χ4v) is 2.31. The zero-order chi connectivity index (χ0) is 13.1. The molecule has 1 N–H and O–H groups in total.